The highest BCUT2D eigenvalue weighted by Crippen LogP contribution is 2.28. The van der Waals surface area contributed by atoms with Crippen molar-refractivity contribution in [3.8, 4) is 0 Å². The van der Waals surface area contributed by atoms with Gasteiger partial charge in [-0.3, -0.25) is 9.79 Å². The van der Waals surface area contributed by atoms with Crippen molar-refractivity contribution < 1.29 is 4.79 Å². The molecule has 1 aromatic carbocycles. The minimum Gasteiger partial charge on any atom is -0.352 e. The Labute approximate surface area is 170 Å². The fourth-order valence-electron chi connectivity index (χ4n) is 4.08. The first-order chi connectivity index (χ1) is 13.5. The lowest BCUT2D eigenvalue weighted by atomic mass is 9.87. The fourth-order valence-corrected chi connectivity index (χ4v) is 4.08. The molecule has 1 atom stereocenters. The number of hydrogen-bond donors (Lipinski definition) is 2. The summed E-state index contributed by atoms with van der Waals surface area (Å²) in [7, 11) is 5.63. The van der Waals surface area contributed by atoms with Crippen LogP contribution in [0.5, 0.6) is 0 Å². The van der Waals surface area contributed by atoms with Gasteiger partial charge in [0.05, 0.1) is 6.54 Å². The summed E-state index contributed by atoms with van der Waals surface area (Å²) >= 11 is 0. The number of nitrogens with one attached hydrogen (secondary N) is 2. The number of amides is 1. The molecule has 1 aromatic rings. The van der Waals surface area contributed by atoms with E-state index in [1.165, 1.54) is 19.3 Å². The van der Waals surface area contributed by atoms with Gasteiger partial charge >= 0.3 is 0 Å². The highest BCUT2D eigenvalue weighted by molar-refractivity contribution is 5.92. The quantitative estimate of drug-likeness (QED) is 0.532. The molecule has 0 bridgehead atoms. The van der Waals surface area contributed by atoms with Gasteiger partial charge in [0.15, 0.2) is 5.96 Å². The van der Waals surface area contributed by atoms with Gasteiger partial charge in [-0.2, -0.15) is 0 Å². The van der Waals surface area contributed by atoms with Crippen LogP contribution in [-0.2, 0) is 11.3 Å². The first-order valence-electron chi connectivity index (χ1n) is 10.5. The first-order valence-corrected chi connectivity index (χ1v) is 10.5. The van der Waals surface area contributed by atoms with Crippen LogP contribution in [0.15, 0.2) is 29.3 Å². The van der Waals surface area contributed by atoms with Crippen LogP contribution < -0.4 is 10.6 Å². The molecule has 0 spiro atoms. The van der Waals surface area contributed by atoms with Crippen molar-refractivity contribution in [2.45, 2.75) is 39.7 Å². The Morgan fingerprint density at radius 2 is 2.07 bits per heavy atom. The maximum atomic E-state index is 12.0. The molecular weight excluding hydrogens is 350 g/mol. The van der Waals surface area contributed by atoms with Gasteiger partial charge in [0.25, 0.3) is 0 Å². The number of benzene rings is 1. The van der Waals surface area contributed by atoms with E-state index < -0.39 is 0 Å². The monoisotopic (exact) mass is 387 g/mol. The molecule has 1 saturated heterocycles. The second kappa shape index (κ2) is 11.1. The molecule has 1 unspecified atom stereocenters. The number of carbonyl (C=O) groups excluding carboxylic acids is 1. The second-order valence-corrected chi connectivity index (χ2v) is 7.96. The van der Waals surface area contributed by atoms with E-state index >= 15 is 0 Å². The van der Waals surface area contributed by atoms with Crippen LogP contribution in [0, 0.1) is 11.8 Å². The molecule has 6 nitrogen and oxygen atoms in total. The van der Waals surface area contributed by atoms with Crippen molar-refractivity contribution in [2.75, 3.05) is 46.1 Å². The largest absolute Gasteiger partial charge is 0.352 e. The van der Waals surface area contributed by atoms with E-state index in [1.54, 1.807) is 0 Å². The zero-order valence-electron chi connectivity index (χ0n) is 18.2. The lowest BCUT2D eigenvalue weighted by Gasteiger charge is -2.24. The fraction of sp³-hybridized carbons (Fsp3) is 0.636. The second-order valence-electron chi connectivity index (χ2n) is 7.96. The molecule has 1 aliphatic rings. The Kier molecular flexibility index (Phi) is 8.77. The molecule has 156 valence electrons. The summed E-state index contributed by atoms with van der Waals surface area (Å²) in [5, 5.41) is 6.44. The van der Waals surface area contributed by atoms with E-state index in [0.717, 1.165) is 42.1 Å². The van der Waals surface area contributed by atoms with Gasteiger partial charge in [-0.05, 0) is 50.0 Å². The molecule has 1 amide bonds. The summed E-state index contributed by atoms with van der Waals surface area (Å²) in [6.07, 6.45) is 3.77. The van der Waals surface area contributed by atoms with E-state index in [2.05, 4.69) is 40.4 Å². The Morgan fingerprint density at radius 3 is 2.71 bits per heavy atom. The van der Waals surface area contributed by atoms with Gasteiger partial charge < -0.3 is 20.4 Å². The highest BCUT2D eigenvalue weighted by atomic mass is 16.2. The Balaban J connectivity index is 1.90. The summed E-state index contributed by atoms with van der Waals surface area (Å²) < 4.78 is 0. The lowest BCUT2D eigenvalue weighted by Crippen LogP contribution is -2.40. The Hall–Kier alpha value is -2.08. The van der Waals surface area contributed by atoms with Crippen molar-refractivity contribution in [3.05, 3.63) is 29.8 Å². The number of hydrogen-bond acceptors (Lipinski definition) is 3. The Morgan fingerprint density at radius 1 is 1.32 bits per heavy atom. The lowest BCUT2D eigenvalue weighted by molar-refractivity contribution is -0.116. The first kappa shape index (κ1) is 22.2. The average molecular weight is 388 g/mol. The molecule has 6 heteroatoms. The molecule has 2 rings (SSSR count). The van der Waals surface area contributed by atoms with E-state index in [4.69, 9.17) is 0 Å². The van der Waals surface area contributed by atoms with Crippen molar-refractivity contribution in [2.24, 2.45) is 16.8 Å². The third-order valence-corrected chi connectivity index (χ3v) is 5.57. The van der Waals surface area contributed by atoms with Gasteiger partial charge in [-0.1, -0.05) is 38.8 Å². The number of anilines is 1. The molecular formula is C22H37N5O. The van der Waals surface area contributed by atoms with Crippen LogP contribution in [0.2, 0.25) is 0 Å². The summed E-state index contributed by atoms with van der Waals surface area (Å²) in [5.41, 5.74) is 1.95. The van der Waals surface area contributed by atoms with Crippen molar-refractivity contribution >= 4 is 17.6 Å². The van der Waals surface area contributed by atoms with E-state index in [-0.39, 0.29) is 5.91 Å². The van der Waals surface area contributed by atoms with Crippen LogP contribution >= 0.6 is 0 Å². The van der Waals surface area contributed by atoms with Crippen LogP contribution in [0.4, 0.5) is 5.69 Å². The molecule has 1 aliphatic heterocycles. The third-order valence-electron chi connectivity index (χ3n) is 5.57. The third kappa shape index (κ3) is 6.51. The van der Waals surface area contributed by atoms with Crippen LogP contribution in [-0.4, -0.2) is 62.4 Å². The standard InChI is InChI=1S/C22H37N5O/c1-6-18(7-2)19-11-12-27(15-19)22(23-3)24-14-17-9-8-10-20(13-17)25-21(28)16-26(4)5/h8-10,13,18-19H,6-7,11-12,14-16H2,1-5H3,(H,23,24)(H,25,28). The van der Waals surface area contributed by atoms with Gasteiger partial charge in [0, 0.05) is 32.4 Å². The molecule has 2 N–H and O–H groups in total. The number of likely N-dealkylation sites (tertiary alicyclic amines) is 1. The average Bonchev–Trinajstić information content (AvgIpc) is 3.12. The Bertz CT molecular complexity index is 654. The minimum absolute atomic E-state index is 0.00423. The molecule has 0 radical (unpaired) electrons. The summed E-state index contributed by atoms with van der Waals surface area (Å²) in [5.74, 6) is 2.54. The van der Waals surface area contributed by atoms with Gasteiger partial charge in [-0.15, -0.1) is 0 Å². The van der Waals surface area contributed by atoms with Crippen LogP contribution in [0.1, 0.15) is 38.7 Å². The van der Waals surface area contributed by atoms with Crippen LogP contribution in [0.3, 0.4) is 0 Å². The SMILES string of the molecule is CCC(CC)C1CCN(C(=NC)NCc2cccc(NC(=O)CN(C)C)c2)C1. The van der Waals surface area contributed by atoms with Crippen molar-refractivity contribution in [1.29, 1.82) is 0 Å². The molecule has 0 saturated carbocycles. The summed E-state index contributed by atoms with van der Waals surface area (Å²) in [6, 6.07) is 7.99. The maximum absolute atomic E-state index is 12.0. The van der Waals surface area contributed by atoms with Gasteiger partial charge in [0.1, 0.15) is 0 Å². The van der Waals surface area contributed by atoms with Crippen LogP contribution in [0.25, 0.3) is 0 Å². The minimum atomic E-state index is -0.00423. The number of nitrogens with zero attached hydrogens (tertiary/aromatic N) is 3. The van der Waals surface area contributed by atoms with E-state index in [1.807, 2.05) is 44.2 Å². The topological polar surface area (TPSA) is 60.0 Å². The molecule has 28 heavy (non-hydrogen) atoms. The summed E-state index contributed by atoms with van der Waals surface area (Å²) in [6.45, 7) is 7.83. The molecule has 1 fully saturated rings. The normalized spacial score (nSPS) is 17.5. The zero-order valence-corrected chi connectivity index (χ0v) is 18.2. The van der Waals surface area contributed by atoms with Crippen molar-refractivity contribution in [1.82, 2.24) is 15.1 Å². The van der Waals surface area contributed by atoms with Gasteiger partial charge in [0.2, 0.25) is 5.91 Å². The number of aliphatic imine (C=N–C) groups is 1. The van der Waals surface area contributed by atoms with E-state index in [0.29, 0.717) is 13.1 Å². The molecule has 0 aliphatic carbocycles. The predicted molar refractivity (Wildman–Crippen MR) is 118 cm³/mol. The predicted octanol–water partition coefficient (Wildman–Crippen LogP) is 3.02. The molecule has 0 aromatic heterocycles. The number of carbonyl (C=O) groups is 1. The summed E-state index contributed by atoms with van der Waals surface area (Å²) in [4.78, 5) is 20.7. The number of guanidine groups is 1. The van der Waals surface area contributed by atoms with Crippen molar-refractivity contribution in [3.63, 3.8) is 0 Å². The zero-order chi connectivity index (χ0) is 20.5. The molecule has 1 heterocycles. The van der Waals surface area contributed by atoms with Gasteiger partial charge in [-0.25, -0.2) is 0 Å². The highest BCUT2D eigenvalue weighted by Gasteiger charge is 2.29. The smallest absolute Gasteiger partial charge is 0.238 e. The van der Waals surface area contributed by atoms with E-state index in [9.17, 15) is 4.79 Å². The number of rotatable bonds is 8. The number of likely N-dealkylation sites (N-methyl/N-ethyl adjacent to an activating group) is 1. The maximum Gasteiger partial charge on any atom is 0.238 e.